The largest absolute Gasteiger partial charge is 0.321 e. The first-order valence-corrected chi connectivity index (χ1v) is 13.8. The molecule has 1 N–H and O–H groups in total. The Morgan fingerprint density at radius 2 is 1.73 bits per heavy atom. The van der Waals surface area contributed by atoms with Crippen molar-refractivity contribution in [2.45, 2.75) is 12.5 Å². The fourth-order valence-corrected chi connectivity index (χ4v) is 5.73. The molecule has 1 aromatic heterocycles. The van der Waals surface area contributed by atoms with Crippen LogP contribution >= 0.6 is 27.5 Å². The van der Waals surface area contributed by atoms with E-state index in [0.29, 0.717) is 27.9 Å². The SMILES string of the molecule is O=C(c1ccccc1Cl)N1N=C(c2c(-c3ccccc3)c3cc(Br)ccc3[nH]c2=O)C[C@@H]1c1cccc([N+](=O)[O-])c1. The Hall–Kier alpha value is -4.60. The Morgan fingerprint density at radius 1 is 0.976 bits per heavy atom. The molecule has 0 saturated carbocycles. The van der Waals surface area contributed by atoms with Crippen molar-refractivity contribution in [2.24, 2.45) is 5.10 Å². The van der Waals surface area contributed by atoms with Gasteiger partial charge in [0, 0.05) is 39.5 Å². The molecular weight excluding hydrogens is 608 g/mol. The van der Waals surface area contributed by atoms with Crippen LogP contribution in [0, 0.1) is 10.1 Å². The second-order valence-electron chi connectivity index (χ2n) is 9.51. The summed E-state index contributed by atoms with van der Waals surface area (Å²) in [5, 5.41) is 18.6. The molecule has 0 unspecified atom stereocenters. The number of non-ortho nitro benzene ring substituents is 1. The lowest BCUT2D eigenvalue weighted by atomic mass is 9.91. The van der Waals surface area contributed by atoms with Crippen molar-refractivity contribution in [3.05, 3.63) is 144 Å². The highest BCUT2D eigenvalue weighted by molar-refractivity contribution is 9.10. The zero-order chi connectivity index (χ0) is 28.7. The lowest BCUT2D eigenvalue weighted by molar-refractivity contribution is -0.384. The molecule has 5 aromatic rings. The molecule has 10 heteroatoms. The van der Waals surface area contributed by atoms with Crippen LogP contribution in [0.4, 0.5) is 5.69 Å². The normalized spacial score (nSPS) is 14.7. The van der Waals surface area contributed by atoms with Gasteiger partial charge >= 0.3 is 0 Å². The number of fused-ring (bicyclic) bond motifs is 1. The number of nitro groups is 1. The average molecular weight is 628 g/mol. The van der Waals surface area contributed by atoms with Crippen LogP contribution in [-0.2, 0) is 0 Å². The van der Waals surface area contributed by atoms with Crippen molar-refractivity contribution < 1.29 is 9.72 Å². The molecule has 41 heavy (non-hydrogen) atoms. The molecule has 4 aromatic carbocycles. The fraction of sp³-hybridized carbons (Fsp3) is 0.0645. The van der Waals surface area contributed by atoms with Gasteiger partial charge in [-0.3, -0.25) is 19.7 Å². The van der Waals surface area contributed by atoms with Gasteiger partial charge in [-0.25, -0.2) is 5.01 Å². The Labute approximate surface area is 247 Å². The third-order valence-electron chi connectivity index (χ3n) is 7.02. The lowest BCUT2D eigenvalue weighted by Crippen LogP contribution is -2.27. The van der Waals surface area contributed by atoms with E-state index in [1.165, 1.54) is 17.1 Å². The van der Waals surface area contributed by atoms with E-state index >= 15 is 0 Å². The molecular formula is C31H20BrClN4O4. The molecule has 1 aliphatic heterocycles. The number of benzene rings is 4. The maximum absolute atomic E-state index is 13.9. The van der Waals surface area contributed by atoms with Crippen molar-refractivity contribution in [1.82, 2.24) is 9.99 Å². The summed E-state index contributed by atoms with van der Waals surface area (Å²) in [5.41, 5.74) is 3.11. The molecule has 6 rings (SSSR count). The third-order valence-corrected chi connectivity index (χ3v) is 7.84. The summed E-state index contributed by atoms with van der Waals surface area (Å²) in [7, 11) is 0. The van der Waals surface area contributed by atoms with Crippen molar-refractivity contribution in [3.63, 3.8) is 0 Å². The molecule has 1 aliphatic rings. The first-order valence-electron chi connectivity index (χ1n) is 12.6. The summed E-state index contributed by atoms with van der Waals surface area (Å²) in [6.45, 7) is 0. The number of H-pyrrole nitrogens is 1. The van der Waals surface area contributed by atoms with E-state index in [0.717, 1.165) is 15.4 Å². The van der Waals surface area contributed by atoms with Crippen LogP contribution in [0.25, 0.3) is 22.0 Å². The van der Waals surface area contributed by atoms with Gasteiger partial charge in [0.1, 0.15) is 0 Å². The van der Waals surface area contributed by atoms with E-state index in [9.17, 15) is 19.7 Å². The number of carbonyl (C=O) groups excluding carboxylic acids is 1. The average Bonchev–Trinajstić information content (AvgIpc) is 3.42. The predicted octanol–water partition coefficient (Wildman–Crippen LogP) is 7.51. The van der Waals surface area contributed by atoms with Gasteiger partial charge in [-0.2, -0.15) is 5.10 Å². The minimum atomic E-state index is -0.713. The summed E-state index contributed by atoms with van der Waals surface area (Å²) in [4.78, 5) is 41.6. The van der Waals surface area contributed by atoms with Gasteiger partial charge in [0.25, 0.3) is 17.2 Å². The Kier molecular flexibility index (Phi) is 6.98. The number of hydrogen-bond donors (Lipinski definition) is 1. The third kappa shape index (κ3) is 4.94. The highest BCUT2D eigenvalue weighted by atomic mass is 79.9. The van der Waals surface area contributed by atoms with Crippen LogP contribution in [0.1, 0.15) is 33.9 Å². The highest BCUT2D eigenvalue weighted by Gasteiger charge is 2.37. The van der Waals surface area contributed by atoms with Gasteiger partial charge in [-0.05, 0) is 41.5 Å². The first-order chi connectivity index (χ1) is 19.8. The van der Waals surface area contributed by atoms with Crippen molar-refractivity contribution >= 4 is 55.7 Å². The molecule has 0 aliphatic carbocycles. The molecule has 0 radical (unpaired) electrons. The maximum atomic E-state index is 13.9. The lowest BCUT2D eigenvalue weighted by Gasteiger charge is -2.22. The van der Waals surface area contributed by atoms with Gasteiger partial charge in [0.05, 0.1) is 32.8 Å². The van der Waals surface area contributed by atoms with Crippen LogP contribution in [0.2, 0.25) is 5.02 Å². The van der Waals surface area contributed by atoms with Crippen molar-refractivity contribution in [2.75, 3.05) is 0 Å². The van der Waals surface area contributed by atoms with E-state index in [-0.39, 0.29) is 28.3 Å². The number of nitro benzene ring substituents is 1. The Balaban J connectivity index is 1.58. The molecule has 0 fully saturated rings. The highest BCUT2D eigenvalue weighted by Crippen LogP contribution is 2.39. The molecule has 0 bridgehead atoms. The van der Waals surface area contributed by atoms with E-state index in [1.54, 1.807) is 36.4 Å². The summed E-state index contributed by atoms with van der Waals surface area (Å²) in [6, 6.07) is 27.1. The molecule has 0 spiro atoms. The van der Waals surface area contributed by atoms with E-state index < -0.39 is 16.9 Å². The van der Waals surface area contributed by atoms with Crippen molar-refractivity contribution in [3.8, 4) is 11.1 Å². The minimum absolute atomic E-state index is 0.112. The Morgan fingerprint density at radius 3 is 2.49 bits per heavy atom. The number of halogens is 2. The zero-order valence-electron chi connectivity index (χ0n) is 21.3. The van der Waals surface area contributed by atoms with Crippen LogP contribution < -0.4 is 5.56 Å². The summed E-state index contributed by atoms with van der Waals surface area (Å²) < 4.78 is 0.832. The topological polar surface area (TPSA) is 109 Å². The smallest absolute Gasteiger partial charge is 0.276 e. The number of aromatic amines is 1. The number of hydrazone groups is 1. The van der Waals surface area contributed by atoms with Gasteiger partial charge in [-0.15, -0.1) is 0 Å². The summed E-state index contributed by atoms with van der Waals surface area (Å²) in [6.07, 6.45) is 0.153. The van der Waals surface area contributed by atoms with Gasteiger partial charge in [-0.1, -0.05) is 82.1 Å². The molecule has 1 atom stereocenters. The molecule has 0 saturated heterocycles. The second kappa shape index (κ2) is 10.8. The summed E-state index contributed by atoms with van der Waals surface area (Å²) >= 11 is 9.92. The van der Waals surface area contributed by atoms with Crippen LogP contribution in [0.3, 0.4) is 0 Å². The fourth-order valence-electron chi connectivity index (χ4n) is 5.16. The molecule has 202 valence electrons. The number of amides is 1. The maximum Gasteiger partial charge on any atom is 0.276 e. The molecule has 8 nitrogen and oxygen atoms in total. The number of hydrogen-bond acceptors (Lipinski definition) is 5. The Bertz CT molecular complexity index is 1940. The monoisotopic (exact) mass is 626 g/mol. The van der Waals surface area contributed by atoms with Gasteiger partial charge < -0.3 is 4.98 Å². The van der Waals surface area contributed by atoms with Gasteiger partial charge in [0.15, 0.2) is 0 Å². The first kappa shape index (κ1) is 26.6. The zero-order valence-corrected chi connectivity index (χ0v) is 23.6. The molecule has 2 heterocycles. The number of carbonyl (C=O) groups is 1. The van der Waals surface area contributed by atoms with E-state index in [1.807, 2.05) is 48.5 Å². The summed E-state index contributed by atoms with van der Waals surface area (Å²) in [5.74, 6) is -0.483. The standard InChI is InChI=1S/C31H20BrClN4O4/c32-20-13-14-25-23(16-20)28(18-7-2-1-3-8-18)29(30(38)34-25)26-17-27(19-9-6-10-21(15-19)37(40)41)36(35-26)31(39)22-11-4-5-12-24(22)33/h1-16,27H,17H2,(H,34,38)/t27-/m1/s1. The number of rotatable bonds is 5. The van der Waals surface area contributed by atoms with E-state index in [4.69, 9.17) is 16.7 Å². The molecule has 1 amide bonds. The van der Waals surface area contributed by atoms with Crippen LogP contribution in [0.5, 0.6) is 0 Å². The number of pyridine rings is 1. The minimum Gasteiger partial charge on any atom is -0.321 e. The van der Waals surface area contributed by atoms with Crippen molar-refractivity contribution in [1.29, 1.82) is 0 Å². The number of nitrogens with zero attached hydrogens (tertiary/aromatic N) is 3. The number of aromatic nitrogens is 1. The van der Waals surface area contributed by atoms with Crippen LogP contribution in [-0.4, -0.2) is 26.5 Å². The van der Waals surface area contributed by atoms with Crippen LogP contribution in [0.15, 0.2) is 111 Å². The second-order valence-corrected chi connectivity index (χ2v) is 10.8. The van der Waals surface area contributed by atoms with E-state index in [2.05, 4.69) is 20.9 Å². The predicted molar refractivity (Wildman–Crippen MR) is 162 cm³/mol. The quantitative estimate of drug-likeness (QED) is 0.161. The number of nitrogens with one attached hydrogen (secondary N) is 1. The van der Waals surface area contributed by atoms with Gasteiger partial charge in [0.2, 0.25) is 0 Å².